The number of nitrogens with one attached hydrogen (secondary N) is 1. The molecule has 2 aromatic heterocycles. The normalized spacial score (nSPS) is 10.6. The van der Waals surface area contributed by atoms with Crippen molar-refractivity contribution in [2.75, 3.05) is 0 Å². The van der Waals surface area contributed by atoms with E-state index < -0.39 is 0 Å². The van der Waals surface area contributed by atoms with Crippen LogP contribution in [0.25, 0.3) is 0 Å². The van der Waals surface area contributed by atoms with Crippen LogP contribution in [0.3, 0.4) is 0 Å². The van der Waals surface area contributed by atoms with Crippen molar-refractivity contribution in [3.63, 3.8) is 0 Å². The Morgan fingerprint density at radius 2 is 1.96 bits per heavy atom. The van der Waals surface area contributed by atoms with E-state index in [1.807, 2.05) is 56.3 Å². The first-order chi connectivity index (χ1) is 12.5. The molecule has 0 atom stereocenters. The number of pyridine rings is 1. The molecule has 0 aliphatic rings. The minimum Gasteiger partial charge on any atom is -0.487 e. The monoisotopic (exact) mass is 350 g/mol. The van der Waals surface area contributed by atoms with Crippen molar-refractivity contribution >= 4 is 5.91 Å². The third kappa shape index (κ3) is 4.11. The zero-order valence-electron chi connectivity index (χ0n) is 15.2. The maximum Gasteiger partial charge on any atom is 0.255 e. The predicted octanol–water partition coefficient (Wildman–Crippen LogP) is 4.11. The molecule has 0 aliphatic heterocycles. The molecule has 0 spiro atoms. The van der Waals surface area contributed by atoms with Crippen molar-refractivity contribution < 1.29 is 13.9 Å². The number of aryl methyl sites for hydroxylation is 2. The van der Waals surface area contributed by atoms with Gasteiger partial charge in [-0.3, -0.25) is 9.78 Å². The number of ether oxygens (including phenoxy) is 1. The quantitative estimate of drug-likeness (QED) is 0.727. The molecule has 5 nitrogen and oxygen atoms in total. The molecule has 5 heteroatoms. The number of rotatable bonds is 6. The summed E-state index contributed by atoms with van der Waals surface area (Å²) >= 11 is 0. The van der Waals surface area contributed by atoms with Gasteiger partial charge in [-0.2, -0.15) is 0 Å². The standard InChI is InChI=1S/C21H22N2O3/c1-14-15(2)26-16(3)20(14)21(24)23-12-17-7-6-9-19(11-17)25-13-18-8-4-5-10-22-18/h4-11H,12-13H2,1-3H3,(H,23,24). The second-order valence-corrected chi connectivity index (χ2v) is 6.15. The van der Waals surface area contributed by atoms with Gasteiger partial charge < -0.3 is 14.5 Å². The molecule has 3 aromatic rings. The summed E-state index contributed by atoms with van der Waals surface area (Å²) in [5.74, 6) is 2.04. The summed E-state index contributed by atoms with van der Waals surface area (Å²) in [6, 6.07) is 13.4. The number of carbonyl (C=O) groups is 1. The number of amides is 1. The molecule has 0 bridgehead atoms. The maximum absolute atomic E-state index is 12.5. The SMILES string of the molecule is Cc1oc(C)c(C(=O)NCc2cccc(OCc3ccccn3)c2)c1C. The Balaban J connectivity index is 1.61. The second kappa shape index (κ2) is 7.87. The summed E-state index contributed by atoms with van der Waals surface area (Å²) in [6.07, 6.45) is 1.74. The van der Waals surface area contributed by atoms with Crippen LogP contribution in [0, 0.1) is 20.8 Å². The highest BCUT2D eigenvalue weighted by Crippen LogP contribution is 2.21. The Labute approximate surface area is 153 Å². The van der Waals surface area contributed by atoms with E-state index in [4.69, 9.17) is 9.15 Å². The van der Waals surface area contributed by atoms with Crippen molar-refractivity contribution in [1.29, 1.82) is 0 Å². The summed E-state index contributed by atoms with van der Waals surface area (Å²) in [5, 5.41) is 2.94. The number of hydrogen-bond acceptors (Lipinski definition) is 4. The summed E-state index contributed by atoms with van der Waals surface area (Å²) < 4.78 is 11.3. The lowest BCUT2D eigenvalue weighted by atomic mass is 10.1. The van der Waals surface area contributed by atoms with Crippen molar-refractivity contribution in [1.82, 2.24) is 10.3 Å². The summed E-state index contributed by atoms with van der Waals surface area (Å²) in [4.78, 5) is 16.7. The summed E-state index contributed by atoms with van der Waals surface area (Å²) in [7, 11) is 0. The van der Waals surface area contributed by atoms with Crippen LogP contribution in [0.5, 0.6) is 5.75 Å². The average Bonchev–Trinajstić information content (AvgIpc) is 2.91. The van der Waals surface area contributed by atoms with E-state index in [0.29, 0.717) is 24.5 Å². The van der Waals surface area contributed by atoms with Crippen LogP contribution in [0.15, 0.2) is 53.1 Å². The average molecular weight is 350 g/mol. The molecule has 26 heavy (non-hydrogen) atoms. The number of nitrogens with zero attached hydrogens (tertiary/aromatic N) is 1. The molecule has 0 saturated carbocycles. The van der Waals surface area contributed by atoms with Crippen molar-refractivity contribution in [3.8, 4) is 5.75 Å². The lowest BCUT2D eigenvalue weighted by Gasteiger charge is -2.09. The van der Waals surface area contributed by atoms with E-state index in [0.717, 1.165) is 28.3 Å². The van der Waals surface area contributed by atoms with Gasteiger partial charge in [0.05, 0.1) is 11.3 Å². The molecular formula is C21H22N2O3. The molecule has 1 aromatic carbocycles. The van der Waals surface area contributed by atoms with Crippen molar-refractivity contribution in [2.45, 2.75) is 33.9 Å². The summed E-state index contributed by atoms with van der Waals surface area (Å²) in [6.45, 7) is 6.39. The minimum absolute atomic E-state index is 0.128. The van der Waals surface area contributed by atoms with Crippen LogP contribution in [-0.4, -0.2) is 10.9 Å². The van der Waals surface area contributed by atoms with Gasteiger partial charge in [-0.1, -0.05) is 18.2 Å². The van der Waals surface area contributed by atoms with Gasteiger partial charge in [-0.15, -0.1) is 0 Å². The fraction of sp³-hybridized carbons (Fsp3) is 0.238. The first-order valence-corrected chi connectivity index (χ1v) is 8.51. The first kappa shape index (κ1) is 17.7. The van der Waals surface area contributed by atoms with Gasteiger partial charge in [0.25, 0.3) is 5.91 Å². The van der Waals surface area contributed by atoms with E-state index in [9.17, 15) is 4.79 Å². The fourth-order valence-corrected chi connectivity index (χ4v) is 2.78. The zero-order valence-corrected chi connectivity index (χ0v) is 15.2. The molecule has 3 rings (SSSR count). The number of hydrogen-bond donors (Lipinski definition) is 1. The topological polar surface area (TPSA) is 64.4 Å². The van der Waals surface area contributed by atoms with Crippen molar-refractivity contribution in [2.24, 2.45) is 0 Å². The lowest BCUT2D eigenvalue weighted by Crippen LogP contribution is -2.23. The Bertz CT molecular complexity index is 901. The molecular weight excluding hydrogens is 328 g/mol. The van der Waals surface area contributed by atoms with Gasteiger partial charge in [0.1, 0.15) is 23.9 Å². The van der Waals surface area contributed by atoms with Gasteiger partial charge in [-0.05, 0) is 50.6 Å². The van der Waals surface area contributed by atoms with Crippen LogP contribution in [0.1, 0.15) is 38.7 Å². The highest BCUT2D eigenvalue weighted by molar-refractivity contribution is 5.96. The highest BCUT2D eigenvalue weighted by atomic mass is 16.5. The minimum atomic E-state index is -0.128. The van der Waals surface area contributed by atoms with Gasteiger partial charge in [-0.25, -0.2) is 0 Å². The Kier molecular flexibility index (Phi) is 5.37. The lowest BCUT2D eigenvalue weighted by molar-refractivity contribution is 0.0949. The van der Waals surface area contributed by atoms with Gasteiger partial charge in [0.15, 0.2) is 0 Å². The molecule has 0 saturated heterocycles. The maximum atomic E-state index is 12.5. The van der Waals surface area contributed by atoms with E-state index in [1.165, 1.54) is 0 Å². The highest BCUT2D eigenvalue weighted by Gasteiger charge is 2.18. The molecule has 0 unspecified atom stereocenters. The Hall–Kier alpha value is -3.08. The fourth-order valence-electron chi connectivity index (χ4n) is 2.78. The van der Waals surface area contributed by atoms with Gasteiger partial charge in [0.2, 0.25) is 0 Å². The van der Waals surface area contributed by atoms with Crippen LogP contribution < -0.4 is 10.1 Å². The molecule has 0 fully saturated rings. The predicted molar refractivity (Wildman–Crippen MR) is 99.1 cm³/mol. The molecule has 2 heterocycles. The first-order valence-electron chi connectivity index (χ1n) is 8.51. The number of aromatic nitrogens is 1. The molecule has 134 valence electrons. The van der Waals surface area contributed by atoms with Gasteiger partial charge in [0, 0.05) is 18.3 Å². The Morgan fingerprint density at radius 3 is 2.65 bits per heavy atom. The number of furan rings is 1. The molecule has 0 radical (unpaired) electrons. The van der Waals surface area contributed by atoms with Crippen LogP contribution in [0.4, 0.5) is 0 Å². The van der Waals surface area contributed by atoms with E-state index >= 15 is 0 Å². The smallest absolute Gasteiger partial charge is 0.255 e. The zero-order chi connectivity index (χ0) is 18.5. The van der Waals surface area contributed by atoms with E-state index in [2.05, 4.69) is 10.3 Å². The van der Waals surface area contributed by atoms with Crippen LogP contribution in [-0.2, 0) is 13.2 Å². The summed E-state index contributed by atoms with van der Waals surface area (Å²) in [5.41, 5.74) is 3.33. The largest absolute Gasteiger partial charge is 0.487 e. The van der Waals surface area contributed by atoms with Crippen LogP contribution >= 0.6 is 0 Å². The van der Waals surface area contributed by atoms with E-state index in [1.54, 1.807) is 13.1 Å². The molecule has 1 amide bonds. The molecule has 0 aliphatic carbocycles. The van der Waals surface area contributed by atoms with Crippen molar-refractivity contribution in [3.05, 3.63) is 82.6 Å². The third-order valence-corrected chi connectivity index (χ3v) is 4.25. The van der Waals surface area contributed by atoms with E-state index in [-0.39, 0.29) is 5.91 Å². The third-order valence-electron chi connectivity index (χ3n) is 4.25. The second-order valence-electron chi connectivity index (χ2n) is 6.15. The number of carbonyl (C=O) groups excluding carboxylic acids is 1. The number of benzene rings is 1. The molecule has 1 N–H and O–H groups in total. The van der Waals surface area contributed by atoms with Gasteiger partial charge >= 0.3 is 0 Å². The van der Waals surface area contributed by atoms with Crippen LogP contribution in [0.2, 0.25) is 0 Å². The Morgan fingerprint density at radius 1 is 1.12 bits per heavy atom.